The molecule has 9 heteroatoms. The van der Waals surface area contributed by atoms with Crippen LogP contribution in [0.4, 0.5) is 26.3 Å². The van der Waals surface area contributed by atoms with Crippen LogP contribution in [0.25, 0.3) is 0 Å². The van der Waals surface area contributed by atoms with E-state index in [9.17, 15) is 26.3 Å². The molecule has 1 aromatic rings. The maximum atomic E-state index is 13.1. The Morgan fingerprint density at radius 1 is 0.826 bits per heavy atom. The molecule has 0 aliphatic carbocycles. The minimum Gasteiger partial charge on any atom is -0.399 e. The van der Waals surface area contributed by atoms with E-state index < -0.39 is 47.3 Å². The molecular formula is C14H15BF6O2. The van der Waals surface area contributed by atoms with E-state index in [4.69, 9.17) is 9.31 Å². The Hall–Kier alpha value is -1.22. The highest BCUT2D eigenvalue weighted by Gasteiger charge is 2.54. The number of alkyl halides is 6. The van der Waals surface area contributed by atoms with Gasteiger partial charge in [-0.2, -0.15) is 26.3 Å². The predicted molar refractivity (Wildman–Crippen MR) is 72.2 cm³/mol. The quantitative estimate of drug-likeness (QED) is 0.568. The van der Waals surface area contributed by atoms with E-state index in [1.807, 2.05) is 0 Å². The zero-order valence-corrected chi connectivity index (χ0v) is 12.9. The van der Waals surface area contributed by atoms with Crippen molar-refractivity contribution >= 4 is 12.6 Å². The number of hydrogen-bond donors (Lipinski definition) is 0. The molecule has 0 bridgehead atoms. The van der Waals surface area contributed by atoms with Gasteiger partial charge in [0, 0.05) is 0 Å². The highest BCUT2D eigenvalue weighted by molar-refractivity contribution is 6.62. The molecule has 1 fully saturated rings. The van der Waals surface area contributed by atoms with Crippen molar-refractivity contribution in [2.24, 2.45) is 0 Å². The molecule has 0 unspecified atom stereocenters. The Balaban J connectivity index is 2.56. The van der Waals surface area contributed by atoms with Gasteiger partial charge in [0.15, 0.2) is 0 Å². The Morgan fingerprint density at radius 3 is 1.70 bits per heavy atom. The molecule has 0 saturated carbocycles. The Labute approximate surface area is 129 Å². The van der Waals surface area contributed by atoms with E-state index in [1.165, 1.54) is 0 Å². The fourth-order valence-corrected chi connectivity index (χ4v) is 2.16. The standard InChI is InChI=1S/C14H15BF6O2/c1-11(2)12(3,4)23-15(22-11)10-7-8(13(16,17)18)5-6-9(10)14(19,20)21/h5-7H,1-4H3. The normalized spacial score (nSPS) is 20.9. The van der Waals surface area contributed by atoms with Crippen LogP contribution in [0.1, 0.15) is 38.8 Å². The summed E-state index contributed by atoms with van der Waals surface area (Å²) in [6.45, 7) is 6.42. The van der Waals surface area contributed by atoms with Gasteiger partial charge in [0.2, 0.25) is 0 Å². The van der Waals surface area contributed by atoms with Crippen LogP contribution < -0.4 is 5.46 Å². The molecular weight excluding hydrogens is 325 g/mol. The van der Waals surface area contributed by atoms with Crippen molar-refractivity contribution in [3.8, 4) is 0 Å². The molecule has 0 spiro atoms. The zero-order valence-electron chi connectivity index (χ0n) is 12.9. The van der Waals surface area contributed by atoms with Crippen LogP contribution in [-0.4, -0.2) is 18.3 Å². The fraction of sp³-hybridized carbons (Fsp3) is 0.571. The summed E-state index contributed by atoms with van der Waals surface area (Å²) in [5, 5.41) is 0. The van der Waals surface area contributed by atoms with Crippen LogP contribution in [0, 0.1) is 0 Å². The molecule has 128 valence electrons. The van der Waals surface area contributed by atoms with Gasteiger partial charge >= 0.3 is 19.5 Å². The van der Waals surface area contributed by atoms with Crippen LogP contribution >= 0.6 is 0 Å². The molecule has 0 N–H and O–H groups in total. The Kier molecular flexibility index (Phi) is 4.05. The molecule has 0 aromatic heterocycles. The summed E-state index contributed by atoms with van der Waals surface area (Å²) in [6.07, 6.45) is -9.58. The van der Waals surface area contributed by atoms with Gasteiger partial charge in [-0.15, -0.1) is 0 Å². The molecule has 1 aliphatic heterocycles. The average Bonchev–Trinajstić information content (AvgIpc) is 2.55. The van der Waals surface area contributed by atoms with E-state index in [-0.39, 0.29) is 0 Å². The Morgan fingerprint density at radius 2 is 1.30 bits per heavy atom. The van der Waals surface area contributed by atoms with E-state index in [2.05, 4.69) is 0 Å². The lowest BCUT2D eigenvalue weighted by Gasteiger charge is -2.32. The first kappa shape index (κ1) is 18.1. The smallest absolute Gasteiger partial charge is 0.399 e. The molecule has 1 aromatic carbocycles. The van der Waals surface area contributed by atoms with Crippen LogP contribution in [0.2, 0.25) is 0 Å². The van der Waals surface area contributed by atoms with Crippen molar-refractivity contribution in [1.82, 2.24) is 0 Å². The highest BCUT2D eigenvalue weighted by atomic mass is 19.4. The second-order valence-electron chi connectivity index (χ2n) is 6.39. The number of halogens is 6. The van der Waals surface area contributed by atoms with Gasteiger partial charge in [-0.05, 0) is 51.4 Å². The van der Waals surface area contributed by atoms with Crippen molar-refractivity contribution < 1.29 is 35.7 Å². The van der Waals surface area contributed by atoms with Gasteiger partial charge in [-0.1, -0.05) is 0 Å². The van der Waals surface area contributed by atoms with E-state index in [0.29, 0.717) is 18.2 Å². The predicted octanol–water partition coefficient (Wildman–Crippen LogP) is 4.02. The van der Waals surface area contributed by atoms with Crippen LogP contribution in [0.15, 0.2) is 18.2 Å². The second-order valence-corrected chi connectivity index (χ2v) is 6.39. The SMILES string of the molecule is CC1(C)OB(c2cc(C(F)(F)F)ccc2C(F)(F)F)OC1(C)C. The Bertz CT molecular complexity index is 590. The summed E-state index contributed by atoms with van der Waals surface area (Å²) in [5.41, 5.74) is -4.99. The molecule has 1 aliphatic rings. The largest absolute Gasteiger partial charge is 0.495 e. The average molecular weight is 340 g/mol. The third-order valence-electron chi connectivity index (χ3n) is 4.19. The van der Waals surface area contributed by atoms with Crippen LogP contribution in [0.5, 0.6) is 0 Å². The van der Waals surface area contributed by atoms with Crippen molar-refractivity contribution in [2.75, 3.05) is 0 Å². The summed E-state index contributed by atoms with van der Waals surface area (Å²) < 4.78 is 88.8. The minimum absolute atomic E-state index is 0.400. The van der Waals surface area contributed by atoms with E-state index >= 15 is 0 Å². The minimum atomic E-state index is -4.82. The number of benzene rings is 1. The highest BCUT2D eigenvalue weighted by Crippen LogP contribution is 2.39. The van der Waals surface area contributed by atoms with Gasteiger partial charge in [0.05, 0.1) is 22.3 Å². The summed E-state index contributed by atoms with van der Waals surface area (Å²) in [7, 11) is -1.53. The number of rotatable bonds is 1. The lowest BCUT2D eigenvalue weighted by Crippen LogP contribution is -2.41. The summed E-state index contributed by atoms with van der Waals surface area (Å²) in [5.74, 6) is 0. The van der Waals surface area contributed by atoms with Gasteiger partial charge in [-0.3, -0.25) is 0 Å². The summed E-state index contributed by atoms with van der Waals surface area (Å²) >= 11 is 0. The summed E-state index contributed by atoms with van der Waals surface area (Å²) in [6, 6.07) is 1.24. The summed E-state index contributed by atoms with van der Waals surface area (Å²) in [4.78, 5) is 0. The van der Waals surface area contributed by atoms with Gasteiger partial charge in [-0.25, -0.2) is 0 Å². The van der Waals surface area contributed by atoms with Crippen molar-refractivity contribution in [1.29, 1.82) is 0 Å². The maximum Gasteiger partial charge on any atom is 0.495 e. The van der Waals surface area contributed by atoms with Gasteiger partial charge in [0.25, 0.3) is 0 Å². The zero-order chi connectivity index (χ0) is 17.8. The second kappa shape index (κ2) is 5.14. The monoisotopic (exact) mass is 340 g/mol. The first-order valence-corrected chi connectivity index (χ1v) is 6.79. The number of hydrogen-bond acceptors (Lipinski definition) is 2. The van der Waals surface area contributed by atoms with Gasteiger partial charge < -0.3 is 9.31 Å². The molecule has 2 rings (SSSR count). The molecule has 23 heavy (non-hydrogen) atoms. The lowest BCUT2D eigenvalue weighted by atomic mass is 9.75. The molecule has 0 atom stereocenters. The fourth-order valence-electron chi connectivity index (χ4n) is 2.16. The van der Waals surface area contributed by atoms with Crippen LogP contribution in [0.3, 0.4) is 0 Å². The van der Waals surface area contributed by atoms with Crippen molar-refractivity contribution in [3.63, 3.8) is 0 Å². The molecule has 0 radical (unpaired) electrons. The lowest BCUT2D eigenvalue weighted by molar-refractivity contribution is -0.140. The molecule has 1 heterocycles. The van der Waals surface area contributed by atoms with Crippen molar-refractivity contribution in [2.45, 2.75) is 51.2 Å². The van der Waals surface area contributed by atoms with Crippen LogP contribution in [-0.2, 0) is 21.7 Å². The molecule has 2 nitrogen and oxygen atoms in total. The van der Waals surface area contributed by atoms with Gasteiger partial charge in [0.1, 0.15) is 0 Å². The maximum absolute atomic E-state index is 13.1. The molecule has 0 amide bonds. The van der Waals surface area contributed by atoms with E-state index in [1.54, 1.807) is 27.7 Å². The third kappa shape index (κ3) is 3.35. The topological polar surface area (TPSA) is 18.5 Å². The first-order chi connectivity index (χ1) is 10.2. The molecule has 1 saturated heterocycles. The first-order valence-electron chi connectivity index (χ1n) is 6.79. The van der Waals surface area contributed by atoms with Crippen molar-refractivity contribution in [3.05, 3.63) is 29.3 Å². The third-order valence-corrected chi connectivity index (χ3v) is 4.19. The van der Waals surface area contributed by atoms with E-state index in [0.717, 1.165) is 0 Å².